The maximum Gasteiger partial charge on any atom is 0.173 e. The largest absolute Gasteiger partial charge is 0.344 e. The molecular weight excluding hydrogens is 309 g/mol. The van der Waals surface area contributed by atoms with Crippen molar-refractivity contribution in [1.82, 2.24) is 9.80 Å². The smallest absolute Gasteiger partial charge is 0.173 e. The summed E-state index contributed by atoms with van der Waals surface area (Å²) in [4.78, 5) is 4.74. The van der Waals surface area contributed by atoms with E-state index in [1.165, 1.54) is 6.07 Å². The quantitative estimate of drug-likeness (QED) is 0.833. The Morgan fingerprint density at radius 1 is 1.22 bits per heavy atom. The van der Waals surface area contributed by atoms with E-state index in [4.69, 9.17) is 12.2 Å². The van der Waals surface area contributed by atoms with Crippen molar-refractivity contribution < 1.29 is 4.39 Å². The van der Waals surface area contributed by atoms with E-state index in [2.05, 4.69) is 42.8 Å². The van der Waals surface area contributed by atoms with Gasteiger partial charge in [-0.25, -0.2) is 4.39 Å². The molecule has 1 aromatic rings. The van der Waals surface area contributed by atoms with E-state index < -0.39 is 0 Å². The lowest BCUT2D eigenvalue weighted by Crippen LogP contribution is -2.52. The second-order valence-corrected chi connectivity index (χ2v) is 7.16. The van der Waals surface area contributed by atoms with Gasteiger partial charge in [0.05, 0.1) is 5.69 Å². The van der Waals surface area contributed by atoms with Crippen LogP contribution in [0.1, 0.15) is 40.5 Å². The standard InChI is InChI=1S/C18H28FN3S/c1-13(2)21-11-9-15(10-12-21)22(14(3)4)18(23)20-17-8-6-5-7-16(17)19/h5-8,13-15H,9-12H2,1-4H3,(H,20,23). The number of para-hydroxylation sites is 1. The molecule has 0 bridgehead atoms. The van der Waals surface area contributed by atoms with Gasteiger partial charge in [-0.15, -0.1) is 0 Å². The Morgan fingerprint density at radius 3 is 2.35 bits per heavy atom. The van der Waals surface area contributed by atoms with Gasteiger partial charge in [-0.3, -0.25) is 0 Å². The Labute approximate surface area is 144 Å². The zero-order valence-electron chi connectivity index (χ0n) is 14.6. The number of benzene rings is 1. The molecule has 1 heterocycles. The third-order valence-electron chi connectivity index (χ3n) is 4.53. The molecule has 3 nitrogen and oxygen atoms in total. The first-order chi connectivity index (χ1) is 10.9. The predicted molar refractivity (Wildman–Crippen MR) is 99.3 cm³/mol. The molecule has 23 heavy (non-hydrogen) atoms. The second kappa shape index (κ2) is 8.06. The highest BCUT2D eigenvalue weighted by atomic mass is 32.1. The van der Waals surface area contributed by atoms with E-state index in [0.29, 0.717) is 22.9 Å². The molecule has 1 aromatic carbocycles. The van der Waals surface area contributed by atoms with Gasteiger partial charge in [-0.1, -0.05) is 12.1 Å². The average Bonchev–Trinajstić information content (AvgIpc) is 2.50. The number of hydrogen-bond donors (Lipinski definition) is 1. The molecule has 2 rings (SSSR count). The van der Waals surface area contributed by atoms with Crippen LogP contribution in [0.3, 0.4) is 0 Å². The molecule has 0 amide bonds. The van der Waals surface area contributed by atoms with Crippen molar-refractivity contribution in [2.75, 3.05) is 18.4 Å². The number of hydrogen-bond acceptors (Lipinski definition) is 2. The average molecular weight is 338 g/mol. The van der Waals surface area contributed by atoms with Gasteiger partial charge in [0.25, 0.3) is 0 Å². The predicted octanol–water partition coefficient (Wildman–Crippen LogP) is 4.11. The Balaban J connectivity index is 2.04. The van der Waals surface area contributed by atoms with Crippen LogP contribution in [0, 0.1) is 5.82 Å². The van der Waals surface area contributed by atoms with Gasteiger partial charge in [0.15, 0.2) is 5.11 Å². The van der Waals surface area contributed by atoms with Gasteiger partial charge in [-0.05, 0) is 64.9 Å². The molecule has 5 heteroatoms. The van der Waals surface area contributed by atoms with Crippen LogP contribution in [-0.4, -0.2) is 46.1 Å². The van der Waals surface area contributed by atoms with Gasteiger partial charge < -0.3 is 15.1 Å². The van der Waals surface area contributed by atoms with Crippen molar-refractivity contribution in [3.8, 4) is 0 Å². The van der Waals surface area contributed by atoms with Crippen LogP contribution >= 0.6 is 12.2 Å². The van der Waals surface area contributed by atoms with Crippen molar-refractivity contribution in [2.45, 2.75) is 58.7 Å². The maximum atomic E-state index is 13.8. The van der Waals surface area contributed by atoms with Crippen LogP contribution < -0.4 is 5.32 Å². The van der Waals surface area contributed by atoms with Crippen molar-refractivity contribution in [2.24, 2.45) is 0 Å². The maximum absolute atomic E-state index is 13.8. The van der Waals surface area contributed by atoms with Crippen LogP contribution in [0.4, 0.5) is 10.1 Å². The first kappa shape index (κ1) is 18.1. The Kier molecular flexibility index (Phi) is 6.36. The SMILES string of the molecule is CC(C)N1CCC(N(C(=S)Nc2ccccc2F)C(C)C)CC1. The highest BCUT2D eigenvalue weighted by Gasteiger charge is 2.29. The van der Waals surface area contributed by atoms with Crippen LogP contribution in [0.5, 0.6) is 0 Å². The third-order valence-corrected chi connectivity index (χ3v) is 4.84. The summed E-state index contributed by atoms with van der Waals surface area (Å²) in [5.74, 6) is -0.270. The lowest BCUT2D eigenvalue weighted by Gasteiger charge is -2.43. The number of nitrogens with zero attached hydrogens (tertiary/aromatic N) is 2. The zero-order valence-corrected chi connectivity index (χ0v) is 15.4. The molecule has 0 aromatic heterocycles. The molecule has 0 radical (unpaired) electrons. The summed E-state index contributed by atoms with van der Waals surface area (Å²) in [5.41, 5.74) is 0.447. The Morgan fingerprint density at radius 2 is 1.83 bits per heavy atom. The topological polar surface area (TPSA) is 18.5 Å². The lowest BCUT2D eigenvalue weighted by molar-refractivity contribution is 0.117. The highest BCUT2D eigenvalue weighted by molar-refractivity contribution is 7.80. The third kappa shape index (κ3) is 4.64. The van der Waals surface area contributed by atoms with Crippen LogP contribution in [0.15, 0.2) is 24.3 Å². The van der Waals surface area contributed by atoms with Gasteiger partial charge in [0.1, 0.15) is 5.82 Å². The molecule has 1 aliphatic rings. The summed E-state index contributed by atoms with van der Waals surface area (Å²) in [6.07, 6.45) is 2.19. The summed E-state index contributed by atoms with van der Waals surface area (Å²) in [6, 6.07) is 7.97. The summed E-state index contributed by atoms with van der Waals surface area (Å²) >= 11 is 5.59. The van der Waals surface area contributed by atoms with E-state index >= 15 is 0 Å². The Hall–Kier alpha value is -1.20. The molecule has 0 atom stereocenters. The molecule has 1 fully saturated rings. The first-order valence-corrected chi connectivity index (χ1v) is 8.89. The van der Waals surface area contributed by atoms with E-state index in [1.54, 1.807) is 12.1 Å². The molecule has 0 saturated carbocycles. The Bertz CT molecular complexity index is 525. The highest BCUT2D eigenvalue weighted by Crippen LogP contribution is 2.22. The summed E-state index contributed by atoms with van der Waals surface area (Å²) in [5, 5.41) is 3.71. The number of piperidine rings is 1. The minimum Gasteiger partial charge on any atom is -0.344 e. The number of halogens is 1. The van der Waals surface area contributed by atoms with Crippen molar-refractivity contribution in [1.29, 1.82) is 0 Å². The monoisotopic (exact) mass is 337 g/mol. The second-order valence-electron chi connectivity index (χ2n) is 6.77. The van der Waals surface area contributed by atoms with Crippen LogP contribution in [0.2, 0.25) is 0 Å². The van der Waals surface area contributed by atoms with Gasteiger partial charge >= 0.3 is 0 Å². The first-order valence-electron chi connectivity index (χ1n) is 8.48. The molecule has 0 aliphatic carbocycles. The summed E-state index contributed by atoms with van der Waals surface area (Å²) in [6.45, 7) is 11.0. The lowest BCUT2D eigenvalue weighted by atomic mass is 10.0. The van der Waals surface area contributed by atoms with Crippen LogP contribution in [-0.2, 0) is 0 Å². The molecule has 128 valence electrons. The number of thiocarbonyl (C=S) groups is 1. The normalized spacial score (nSPS) is 16.8. The van der Waals surface area contributed by atoms with Gasteiger partial charge in [-0.2, -0.15) is 0 Å². The minimum atomic E-state index is -0.270. The van der Waals surface area contributed by atoms with Gasteiger partial charge in [0, 0.05) is 31.2 Å². The summed E-state index contributed by atoms with van der Waals surface area (Å²) in [7, 11) is 0. The number of anilines is 1. The van der Waals surface area contributed by atoms with E-state index in [1.807, 2.05) is 6.07 Å². The summed E-state index contributed by atoms with van der Waals surface area (Å²) < 4.78 is 13.8. The van der Waals surface area contributed by atoms with Crippen molar-refractivity contribution in [3.63, 3.8) is 0 Å². The minimum absolute atomic E-state index is 0.270. The molecule has 0 spiro atoms. The number of rotatable bonds is 4. The zero-order chi connectivity index (χ0) is 17.0. The van der Waals surface area contributed by atoms with E-state index in [-0.39, 0.29) is 11.9 Å². The van der Waals surface area contributed by atoms with E-state index in [9.17, 15) is 4.39 Å². The fourth-order valence-corrected chi connectivity index (χ4v) is 3.71. The fourth-order valence-electron chi connectivity index (χ4n) is 3.24. The van der Waals surface area contributed by atoms with Gasteiger partial charge in [0.2, 0.25) is 0 Å². The van der Waals surface area contributed by atoms with Crippen LogP contribution in [0.25, 0.3) is 0 Å². The number of nitrogens with one attached hydrogen (secondary N) is 1. The van der Waals surface area contributed by atoms with Crippen molar-refractivity contribution in [3.05, 3.63) is 30.1 Å². The molecule has 1 N–H and O–H groups in total. The number of likely N-dealkylation sites (tertiary alicyclic amines) is 1. The molecule has 0 unspecified atom stereocenters. The molecular formula is C18H28FN3S. The van der Waals surface area contributed by atoms with E-state index in [0.717, 1.165) is 25.9 Å². The molecule has 1 aliphatic heterocycles. The fraction of sp³-hybridized carbons (Fsp3) is 0.611. The van der Waals surface area contributed by atoms with Crippen molar-refractivity contribution >= 4 is 23.0 Å². The molecule has 1 saturated heterocycles.